The molecule has 0 radical (unpaired) electrons. The molecule has 4 atom stereocenters. The van der Waals surface area contributed by atoms with Gasteiger partial charge in [0, 0.05) is 6.61 Å². The highest BCUT2D eigenvalue weighted by atomic mass is 16.5. The highest BCUT2D eigenvalue weighted by molar-refractivity contribution is 4.87. The summed E-state index contributed by atoms with van der Waals surface area (Å²) >= 11 is 0. The highest BCUT2D eigenvalue weighted by Crippen LogP contribution is 2.18. The van der Waals surface area contributed by atoms with Gasteiger partial charge in [-0.15, -0.1) is 0 Å². The Morgan fingerprint density at radius 2 is 1.37 bits per heavy atom. The SMILES string of the molecule is CCCCC/C=C/CCCCCCCCCCCCOC[C@@H](O)[C@@H]1OC[C@H](O)[C@@H]1O. The first kappa shape index (κ1) is 27.6. The minimum atomic E-state index is -1.03. The molecule has 3 N–H and O–H groups in total. The van der Waals surface area contributed by atoms with Gasteiger partial charge in [-0.25, -0.2) is 0 Å². The standard InChI is InChI=1S/C25H48O5/c1-2-3-4-5-6-7-8-9-10-11-12-13-14-15-16-17-18-19-29-20-23(27)25-24(28)22(26)21-30-25/h6-7,22-28H,2-5,8-21H2,1H3/b7-6+/t22-,23+,24-,25-/m0/s1. The van der Waals surface area contributed by atoms with Crippen LogP contribution in [0.1, 0.15) is 103 Å². The van der Waals surface area contributed by atoms with Crippen LogP contribution in [0.3, 0.4) is 0 Å². The normalized spacial score (nSPS) is 22.9. The molecule has 0 aromatic heterocycles. The van der Waals surface area contributed by atoms with Gasteiger partial charge in [-0.2, -0.15) is 0 Å². The van der Waals surface area contributed by atoms with Gasteiger partial charge in [0.2, 0.25) is 0 Å². The lowest BCUT2D eigenvalue weighted by Gasteiger charge is -2.20. The number of rotatable bonds is 20. The van der Waals surface area contributed by atoms with Crippen LogP contribution < -0.4 is 0 Å². The molecule has 0 aliphatic carbocycles. The number of aliphatic hydroxyl groups is 3. The lowest BCUT2D eigenvalue weighted by Crippen LogP contribution is -2.40. The number of unbranched alkanes of at least 4 members (excludes halogenated alkanes) is 13. The van der Waals surface area contributed by atoms with E-state index in [2.05, 4.69) is 19.1 Å². The molecule has 1 heterocycles. The van der Waals surface area contributed by atoms with E-state index in [-0.39, 0.29) is 13.2 Å². The summed E-state index contributed by atoms with van der Waals surface area (Å²) in [6, 6.07) is 0. The van der Waals surface area contributed by atoms with E-state index in [1.807, 2.05) is 0 Å². The number of ether oxygens (including phenoxy) is 2. The van der Waals surface area contributed by atoms with Crippen molar-refractivity contribution in [1.82, 2.24) is 0 Å². The molecule has 0 amide bonds. The van der Waals surface area contributed by atoms with Crippen LogP contribution in [0.2, 0.25) is 0 Å². The maximum absolute atomic E-state index is 9.96. The van der Waals surface area contributed by atoms with E-state index in [0.717, 1.165) is 12.8 Å². The molecule has 30 heavy (non-hydrogen) atoms. The molecule has 0 spiro atoms. The van der Waals surface area contributed by atoms with E-state index >= 15 is 0 Å². The van der Waals surface area contributed by atoms with E-state index in [1.54, 1.807) is 0 Å². The van der Waals surface area contributed by atoms with Crippen molar-refractivity contribution in [3.63, 3.8) is 0 Å². The summed E-state index contributed by atoms with van der Waals surface area (Å²) in [6.07, 6.45) is 20.5. The maximum atomic E-state index is 9.96. The zero-order valence-electron chi connectivity index (χ0n) is 19.4. The molecule has 0 saturated carbocycles. The van der Waals surface area contributed by atoms with Crippen molar-refractivity contribution in [3.8, 4) is 0 Å². The fraction of sp³-hybridized carbons (Fsp3) is 0.920. The zero-order valence-corrected chi connectivity index (χ0v) is 19.4. The smallest absolute Gasteiger partial charge is 0.114 e. The van der Waals surface area contributed by atoms with Gasteiger partial charge in [0.15, 0.2) is 0 Å². The van der Waals surface area contributed by atoms with E-state index < -0.39 is 24.4 Å². The monoisotopic (exact) mass is 428 g/mol. The Bertz CT molecular complexity index is 401. The summed E-state index contributed by atoms with van der Waals surface area (Å²) in [6.45, 7) is 3.08. The Balaban J connectivity index is 1.76. The van der Waals surface area contributed by atoms with Crippen LogP contribution >= 0.6 is 0 Å². The molecule has 5 heteroatoms. The summed E-state index contributed by atoms with van der Waals surface area (Å²) in [5.74, 6) is 0. The van der Waals surface area contributed by atoms with Crippen LogP contribution in [-0.2, 0) is 9.47 Å². The van der Waals surface area contributed by atoms with Crippen LogP contribution in [0.5, 0.6) is 0 Å². The van der Waals surface area contributed by atoms with Crippen molar-refractivity contribution < 1.29 is 24.8 Å². The predicted molar refractivity (Wildman–Crippen MR) is 123 cm³/mol. The number of hydrogen-bond acceptors (Lipinski definition) is 5. The second-order valence-corrected chi connectivity index (χ2v) is 8.79. The van der Waals surface area contributed by atoms with E-state index in [0.29, 0.717) is 6.61 Å². The summed E-state index contributed by atoms with van der Waals surface area (Å²) < 4.78 is 10.7. The lowest BCUT2D eigenvalue weighted by molar-refractivity contribution is -0.0813. The van der Waals surface area contributed by atoms with Crippen LogP contribution in [0.25, 0.3) is 0 Å². The van der Waals surface area contributed by atoms with E-state index in [9.17, 15) is 15.3 Å². The molecule has 0 aromatic carbocycles. The minimum absolute atomic E-state index is 0.0689. The number of aliphatic hydroxyl groups excluding tert-OH is 3. The first-order valence-corrected chi connectivity index (χ1v) is 12.5. The Morgan fingerprint density at radius 3 is 1.90 bits per heavy atom. The molecular weight excluding hydrogens is 380 g/mol. The molecule has 178 valence electrons. The van der Waals surface area contributed by atoms with Crippen LogP contribution in [0.4, 0.5) is 0 Å². The van der Waals surface area contributed by atoms with Gasteiger partial charge in [-0.05, 0) is 32.1 Å². The summed E-state index contributed by atoms with van der Waals surface area (Å²) in [4.78, 5) is 0. The number of hydrogen-bond donors (Lipinski definition) is 3. The molecule has 0 aromatic rings. The van der Waals surface area contributed by atoms with Gasteiger partial charge in [0.05, 0.1) is 13.2 Å². The van der Waals surface area contributed by atoms with Gasteiger partial charge in [-0.3, -0.25) is 0 Å². The van der Waals surface area contributed by atoms with Crippen molar-refractivity contribution >= 4 is 0 Å². The average molecular weight is 429 g/mol. The highest BCUT2D eigenvalue weighted by Gasteiger charge is 2.39. The molecule has 1 aliphatic heterocycles. The molecule has 1 fully saturated rings. The van der Waals surface area contributed by atoms with Crippen molar-refractivity contribution in [2.45, 2.75) is 128 Å². The van der Waals surface area contributed by atoms with Gasteiger partial charge >= 0.3 is 0 Å². The lowest BCUT2D eigenvalue weighted by atomic mass is 10.1. The van der Waals surface area contributed by atoms with Crippen LogP contribution in [0.15, 0.2) is 12.2 Å². The zero-order chi connectivity index (χ0) is 21.9. The number of allylic oxidation sites excluding steroid dienone is 2. The maximum Gasteiger partial charge on any atom is 0.114 e. The molecule has 1 saturated heterocycles. The molecule has 0 unspecified atom stereocenters. The topological polar surface area (TPSA) is 79.2 Å². The fourth-order valence-electron chi connectivity index (χ4n) is 3.89. The Hall–Kier alpha value is -0.460. The summed E-state index contributed by atoms with van der Waals surface area (Å²) in [7, 11) is 0. The second-order valence-electron chi connectivity index (χ2n) is 8.79. The van der Waals surface area contributed by atoms with Gasteiger partial charge in [-0.1, -0.05) is 83.3 Å². The Kier molecular flexibility index (Phi) is 17.7. The largest absolute Gasteiger partial charge is 0.388 e. The third-order valence-corrected chi connectivity index (χ3v) is 5.91. The van der Waals surface area contributed by atoms with Crippen molar-refractivity contribution in [2.24, 2.45) is 0 Å². The van der Waals surface area contributed by atoms with Crippen LogP contribution in [0, 0.1) is 0 Å². The van der Waals surface area contributed by atoms with Crippen molar-refractivity contribution in [2.75, 3.05) is 19.8 Å². The summed E-state index contributed by atoms with van der Waals surface area (Å²) in [5.41, 5.74) is 0. The molecule has 5 nitrogen and oxygen atoms in total. The van der Waals surface area contributed by atoms with Gasteiger partial charge in [0.25, 0.3) is 0 Å². The van der Waals surface area contributed by atoms with Gasteiger partial charge in [0.1, 0.15) is 24.4 Å². The minimum Gasteiger partial charge on any atom is -0.388 e. The second kappa shape index (κ2) is 19.2. The van der Waals surface area contributed by atoms with Gasteiger partial charge < -0.3 is 24.8 Å². The molecule has 1 rings (SSSR count). The van der Waals surface area contributed by atoms with Crippen LogP contribution in [-0.4, -0.2) is 59.6 Å². The molecular formula is C25H48O5. The van der Waals surface area contributed by atoms with E-state index in [4.69, 9.17) is 9.47 Å². The third kappa shape index (κ3) is 13.8. The predicted octanol–water partition coefficient (Wildman–Crippen LogP) is 4.91. The fourth-order valence-corrected chi connectivity index (χ4v) is 3.89. The quantitative estimate of drug-likeness (QED) is 0.190. The first-order valence-electron chi connectivity index (χ1n) is 12.5. The van der Waals surface area contributed by atoms with Crippen molar-refractivity contribution in [1.29, 1.82) is 0 Å². The molecule has 0 bridgehead atoms. The molecule has 1 aliphatic rings. The summed E-state index contributed by atoms with van der Waals surface area (Å²) in [5, 5.41) is 29.1. The average Bonchev–Trinajstić information content (AvgIpc) is 3.08. The Morgan fingerprint density at radius 1 is 0.833 bits per heavy atom. The van der Waals surface area contributed by atoms with Crippen molar-refractivity contribution in [3.05, 3.63) is 12.2 Å². The Labute approximate surface area is 184 Å². The van der Waals surface area contributed by atoms with E-state index in [1.165, 1.54) is 83.5 Å². The third-order valence-electron chi connectivity index (χ3n) is 5.91. The first-order chi connectivity index (χ1) is 14.7.